The summed E-state index contributed by atoms with van der Waals surface area (Å²) in [5, 5.41) is 3.36. The molecule has 1 unspecified atom stereocenters. The molecule has 1 N–H and O–H groups in total. The molecule has 21 heavy (non-hydrogen) atoms. The first-order valence-corrected chi connectivity index (χ1v) is 7.68. The molecule has 2 aromatic carbocycles. The van der Waals surface area contributed by atoms with Crippen LogP contribution in [0.5, 0.6) is 5.75 Å². The molecule has 1 atom stereocenters. The van der Waals surface area contributed by atoms with Gasteiger partial charge in [-0.3, -0.25) is 0 Å². The second-order valence-corrected chi connectivity index (χ2v) is 5.57. The van der Waals surface area contributed by atoms with Gasteiger partial charge in [0.25, 0.3) is 0 Å². The van der Waals surface area contributed by atoms with Crippen LogP contribution in [0, 0.1) is 0 Å². The van der Waals surface area contributed by atoms with Crippen molar-refractivity contribution in [2.24, 2.45) is 0 Å². The fourth-order valence-electron chi connectivity index (χ4n) is 2.54. The highest BCUT2D eigenvalue weighted by Gasteiger charge is 2.07. The molecule has 0 aliphatic rings. The predicted molar refractivity (Wildman–Crippen MR) is 89.7 cm³/mol. The third-order valence-electron chi connectivity index (χ3n) is 3.61. The van der Waals surface area contributed by atoms with Crippen molar-refractivity contribution in [3.8, 4) is 16.9 Å². The summed E-state index contributed by atoms with van der Waals surface area (Å²) >= 11 is 0. The van der Waals surface area contributed by atoms with Crippen LogP contribution in [-0.4, -0.2) is 13.2 Å². The Morgan fingerprint density at radius 2 is 1.71 bits per heavy atom. The van der Waals surface area contributed by atoms with E-state index in [-0.39, 0.29) is 6.10 Å². The smallest absolute Gasteiger partial charge is 0.119 e. The van der Waals surface area contributed by atoms with Crippen LogP contribution in [0.1, 0.15) is 38.8 Å². The summed E-state index contributed by atoms with van der Waals surface area (Å²) in [6.07, 6.45) is 1.29. The summed E-state index contributed by atoms with van der Waals surface area (Å²) in [7, 11) is 2.01. The molecular formula is C19H25NO. The van der Waals surface area contributed by atoms with Gasteiger partial charge in [0, 0.05) is 6.04 Å². The summed E-state index contributed by atoms with van der Waals surface area (Å²) in [5.41, 5.74) is 3.80. The Hall–Kier alpha value is -1.80. The molecule has 0 radical (unpaired) electrons. The highest BCUT2D eigenvalue weighted by Crippen LogP contribution is 2.26. The minimum absolute atomic E-state index is 0.208. The van der Waals surface area contributed by atoms with Crippen molar-refractivity contribution >= 4 is 0 Å². The SMILES string of the molecule is CCC(NC)c1cccc(-c2ccc(OC(C)C)cc2)c1. The predicted octanol–water partition coefficient (Wildman–Crippen LogP) is 4.81. The van der Waals surface area contributed by atoms with Gasteiger partial charge >= 0.3 is 0 Å². The molecule has 0 aliphatic carbocycles. The Morgan fingerprint density at radius 1 is 1.00 bits per heavy atom. The highest BCUT2D eigenvalue weighted by molar-refractivity contribution is 5.65. The summed E-state index contributed by atoms with van der Waals surface area (Å²) < 4.78 is 5.69. The van der Waals surface area contributed by atoms with Gasteiger partial charge in [-0.1, -0.05) is 37.3 Å². The normalized spacial score (nSPS) is 12.4. The first kappa shape index (κ1) is 15.6. The Bertz CT molecular complexity index is 556. The van der Waals surface area contributed by atoms with Gasteiger partial charge in [-0.25, -0.2) is 0 Å². The molecule has 0 bridgehead atoms. The van der Waals surface area contributed by atoms with Gasteiger partial charge in [-0.15, -0.1) is 0 Å². The minimum atomic E-state index is 0.208. The van der Waals surface area contributed by atoms with E-state index < -0.39 is 0 Å². The summed E-state index contributed by atoms with van der Waals surface area (Å²) in [6.45, 7) is 6.28. The van der Waals surface area contributed by atoms with Crippen molar-refractivity contribution in [2.75, 3.05) is 7.05 Å². The van der Waals surface area contributed by atoms with Crippen LogP contribution in [0.15, 0.2) is 48.5 Å². The van der Waals surface area contributed by atoms with Gasteiger partial charge in [-0.2, -0.15) is 0 Å². The van der Waals surface area contributed by atoms with Gasteiger partial charge in [0.1, 0.15) is 5.75 Å². The van der Waals surface area contributed by atoms with Crippen molar-refractivity contribution in [2.45, 2.75) is 39.3 Å². The first-order valence-electron chi connectivity index (χ1n) is 7.68. The molecule has 2 aromatic rings. The summed E-state index contributed by atoms with van der Waals surface area (Å²) in [5.74, 6) is 0.923. The molecule has 0 amide bonds. The van der Waals surface area contributed by atoms with Crippen LogP contribution in [0.2, 0.25) is 0 Å². The van der Waals surface area contributed by atoms with Crippen molar-refractivity contribution in [3.05, 3.63) is 54.1 Å². The zero-order valence-electron chi connectivity index (χ0n) is 13.4. The molecule has 2 heteroatoms. The third-order valence-corrected chi connectivity index (χ3v) is 3.61. The molecule has 0 aromatic heterocycles. The van der Waals surface area contributed by atoms with Crippen molar-refractivity contribution in [1.82, 2.24) is 5.32 Å². The van der Waals surface area contributed by atoms with Crippen LogP contribution in [0.25, 0.3) is 11.1 Å². The molecule has 0 saturated heterocycles. The number of nitrogens with one attached hydrogen (secondary N) is 1. The van der Waals surface area contributed by atoms with E-state index in [1.165, 1.54) is 16.7 Å². The number of ether oxygens (including phenoxy) is 1. The first-order chi connectivity index (χ1) is 10.1. The summed E-state index contributed by atoms with van der Waals surface area (Å²) in [6, 6.07) is 17.5. The monoisotopic (exact) mass is 283 g/mol. The minimum Gasteiger partial charge on any atom is -0.491 e. The standard InChI is InChI=1S/C19H25NO/c1-5-19(20-4)17-8-6-7-16(13-17)15-9-11-18(12-10-15)21-14(2)3/h6-14,19-20H,5H2,1-4H3. The lowest BCUT2D eigenvalue weighted by Gasteiger charge is -2.15. The quantitative estimate of drug-likeness (QED) is 0.821. The van der Waals surface area contributed by atoms with Gasteiger partial charge in [-0.05, 0) is 62.2 Å². The molecule has 0 spiro atoms. The van der Waals surface area contributed by atoms with Crippen LogP contribution in [-0.2, 0) is 0 Å². The highest BCUT2D eigenvalue weighted by atomic mass is 16.5. The Labute approximate surface area is 128 Å². The Morgan fingerprint density at radius 3 is 2.29 bits per heavy atom. The molecule has 0 heterocycles. The van der Waals surface area contributed by atoms with Crippen molar-refractivity contribution in [3.63, 3.8) is 0 Å². The molecular weight excluding hydrogens is 258 g/mol. The zero-order valence-corrected chi connectivity index (χ0v) is 13.4. The van der Waals surface area contributed by atoms with Crippen LogP contribution >= 0.6 is 0 Å². The Balaban J connectivity index is 2.23. The van der Waals surface area contributed by atoms with Crippen molar-refractivity contribution in [1.29, 1.82) is 0 Å². The van der Waals surface area contributed by atoms with Crippen molar-refractivity contribution < 1.29 is 4.74 Å². The van der Waals surface area contributed by atoms with Gasteiger partial charge in [0.15, 0.2) is 0 Å². The average Bonchev–Trinajstić information content (AvgIpc) is 2.49. The fraction of sp³-hybridized carbons (Fsp3) is 0.368. The van der Waals surface area contributed by atoms with Gasteiger partial charge < -0.3 is 10.1 Å². The third kappa shape index (κ3) is 4.08. The van der Waals surface area contributed by atoms with Gasteiger partial charge in [0.05, 0.1) is 6.10 Å². The van der Waals surface area contributed by atoms with E-state index in [2.05, 4.69) is 48.6 Å². The van der Waals surface area contributed by atoms with E-state index in [1.807, 2.05) is 33.0 Å². The van der Waals surface area contributed by atoms with E-state index >= 15 is 0 Å². The lowest BCUT2D eigenvalue weighted by molar-refractivity contribution is 0.242. The van der Waals surface area contributed by atoms with E-state index in [0.29, 0.717) is 6.04 Å². The summed E-state index contributed by atoms with van der Waals surface area (Å²) in [4.78, 5) is 0. The van der Waals surface area contributed by atoms with Crippen LogP contribution in [0.3, 0.4) is 0 Å². The average molecular weight is 283 g/mol. The van der Waals surface area contributed by atoms with E-state index in [0.717, 1.165) is 12.2 Å². The maximum absolute atomic E-state index is 5.69. The number of benzene rings is 2. The topological polar surface area (TPSA) is 21.3 Å². The lowest BCUT2D eigenvalue weighted by Crippen LogP contribution is -2.15. The van der Waals surface area contributed by atoms with Crippen LogP contribution < -0.4 is 10.1 Å². The molecule has 112 valence electrons. The van der Waals surface area contributed by atoms with Gasteiger partial charge in [0.2, 0.25) is 0 Å². The molecule has 0 fully saturated rings. The number of hydrogen-bond acceptors (Lipinski definition) is 2. The molecule has 2 nitrogen and oxygen atoms in total. The number of hydrogen-bond donors (Lipinski definition) is 1. The second-order valence-electron chi connectivity index (χ2n) is 5.57. The van der Waals surface area contributed by atoms with E-state index in [9.17, 15) is 0 Å². The van der Waals surface area contributed by atoms with Crippen LogP contribution in [0.4, 0.5) is 0 Å². The largest absolute Gasteiger partial charge is 0.491 e. The fourth-order valence-corrected chi connectivity index (χ4v) is 2.54. The number of rotatable bonds is 6. The molecule has 2 rings (SSSR count). The lowest BCUT2D eigenvalue weighted by atomic mass is 9.98. The molecule has 0 saturated carbocycles. The maximum atomic E-state index is 5.69. The second kappa shape index (κ2) is 7.28. The van der Waals surface area contributed by atoms with E-state index in [1.54, 1.807) is 0 Å². The maximum Gasteiger partial charge on any atom is 0.119 e. The molecule has 0 aliphatic heterocycles. The Kier molecular flexibility index (Phi) is 5.40. The van der Waals surface area contributed by atoms with E-state index in [4.69, 9.17) is 4.74 Å². The zero-order chi connectivity index (χ0) is 15.2.